The molecule has 8 heteroatoms. The van der Waals surface area contributed by atoms with Crippen molar-refractivity contribution in [2.45, 2.75) is 12.7 Å². The van der Waals surface area contributed by atoms with Gasteiger partial charge < -0.3 is 14.5 Å². The summed E-state index contributed by atoms with van der Waals surface area (Å²) in [5, 5.41) is 3.59. The van der Waals surface area contributed by atoms with Crippen molar-refractivity contribution in [3.63, 3.8) is 0 Å². The average molecular weight is 349 g/mol. The van der Waals surface area contributed by atoms with Crippen LogP contribution in [0.1, 0.15) is 5.56 Å². The van der Waals surface area contributed by atoms with Crippen LogP contribution in [0.25, 0.3) is 10.9 Å². The normalized spacial score (nSPS) is 11.7. The van der Waals surface area contributed by atoms with Crippen molar-refractivity contribution in [1.29, 1.82) is 0 Å². The van der Waals surface area contributed by atoms with Crippen LogP contribution >= 0.6 is 0 Å². The molecule has 130 valence electrons. The summed E-state index contributed by atoms with van der Waals surface area (Å²) in [6.45, 7) is -0.506. The second kappa shape index (κ2) is 6.12. The highest BCUT2D eigenvalue weighted by Crippen LogP contribution is 2.26. The van der Waals surface area contributed by atoms with Crippen molar-refractivity contribution in [1.82, 2.24) is 9.13 Å². The maximum atomic E-state index is 12.8. The number of aryl methyl sites for hydroxylation is 1. The van der Waals surface area contributed by atoms with Crippen molar-refractivity contribution in [2.75, 3.05) is 5.32 Å². The molecule has 2 aromatic heterocycles. The summed E-state index contributed by atoms with van der Waals surface area (Å²) in [6.07, 6.45) is -1.73. The lowest BCUT2D eigenvalue weighted by atomic mass is 10.2. The number of aromatic nitrogens is 2. The van der Waals surface area contributed by atoms with Gasteiger partial charge >= 0.3 is 6.18 Å². The number of hydrogen-bond acceptors (Lipinski definition) is 2. The van der Waals surface area contributed by atoms with Gasteiger partial charge in [-0.2, -0.15) is 13.2 Å². The van der Waals surface area contributed by atoms with E-state index in [1.807, 2.05) is 29.9 Å². The smallest absolute Gasteiger partial charge is 0.350 e. The van der Waals surface area contributed by atoms with E-state index >= 15 is 0 Å². The van der Waals surface area contributed by atoms with Gasteiger partial charge in [-0.05, 0) is 35.7 Å². The van der Waals surface area contributed by atoms with Crippen molar-refractivity contribution in [2.24, 2.45) is 7.05 Å². The molecule has 0 atom stereocenters. The van der Waals surface area contributed by atoms with Crippen LogP contribution in [0.5, 0.6) is 0 Å². The van der Waals surface area contributed by atoms with Crippen LogP contribution in [0.3, 0.4) is 0 Å². The second-order valence-corrected chi connectivity index (χ2v) is 5.60. The molecule has 0 aliphatic carbocycles. The number of amides is 1. The van der Waals surface area contributed by atoms with Gasteiger partial charge in [0.1, 0.15) is 12.1 Å². The van der Waals surface area contributed by atoms with Crippen LogP contribution in [0, 0.1) is 0 Å². The first-order valence-electron chi connectivity index (χ1n) is 7.37. The Morgan fingerprint density at radius 1 is 1.16 bits per heavy atom. The molecule has 3 aromatic rings. The van der Waals surface area contributed by atoms with Crippen molar-refractivity contribution < 1.29 is 18.0 Å². The highest BCUT2D eigenvalue weighted by Gasteiger charge is 2.34. The number of anilines is 1. The molecule has 2 heterocycles. The monoisotopic (exact) mass is 349 g/mol. The molecule has 1 N–H and O–H groups in total. The summed E-state index contributed by atoms with van der Waals surface area (Å²) in [4.78, 5) is 23.9. The zero-order chi connectivity index (χ0) is 18.2. The number of hydrogen-bond donors (Lipinski definition) is 1. The summed E-state index contributed by atoms with van der Waals surface area (Å²) < 4.78 is 40.9. The standard InChI is InChI=1S/C17H14F3N3O2/c1-22-8-6-11-4-5-12(9-14(11)22)21-15(24)10-23-7-2-3-13(16(23)25)17(18,19)20/h2-9H,10H2,1H3,(H,21,24). The topological polar surface area (TPSA) is 56.0 Å². The Morgan fingerprint density at radius 3 is 2.64 bits per heavy atom. The van der Waals surface area contributed by atoms with E-state index in [0.29, 0.717) is 11.8 Å². The molecule has 0 unspecified atom stereocenters. The van der Waals surface area contributed by atoms with Gasteiger partial charge in [-0.25, -0.2) is 0 Å². The highest BCUT2D eigenvalue weighted by molar-refractivity contribution is 5.93. The largest absolute Gasteiger partial charge is 0.421 e. The van der Waals surface area contributed by atoms with Crippen LogP contribution in [0.2, 0.25) is 0 Å². The quantitative estimate of drug-likeness (QED) is 0.790. The Hall–Kier alpha value is -3.03. The van der Waals surface area contributed by atoms with Crippen molar-refractivity contribution in [3.05, 3.63) is 64.7 Å². The molecule has 0 radical (unpaired) electrons. The number of carbonyl (C=O) groups is 1. The molecule has 0 saturated heterocycles. The Balaban J connectivity index is 1.80. The molecule has 25 heavy (non-hydrogen) atoms. The van der Waals surface area contributed by atoms with Gasteiger partial charge in [-0.1, -0.05) is 6.07 Å². The number of nitrogens with one attached hydrogen (secondary N) is 1. The number of nitrogens with zero attached hydrogens (tertiary/aromatic N) is 2. The van der Waals surface area contributed by atoms with Crippen molar-refractivity contribution in [3.8, 4) is 0 Å². The first kappa shape index (κ1) is 16.8. The number of halogens is 3. The molecule has 5 nitrogen and oxygen atoms in total. The molecule has 1 amide bonds. The fourth-order valence-electron chi connectivity index (χ4n) is 2.57. The zero-order valence-electron chi connectivity index (χ0n) is 13.2. The van der Waals surface area contributed by atoms with Gasteiger partial charge in [0, 0.05) is 30.6 Å². The van der Waals surface area contributed by atoms with E-state index in [0.717, 1.165) is 27.7 Å². The summed E-state index contributed by atoms with van der Waals surface area (Å²) in [5.41, 5.74) is -1.15. The SMILES string of the molecule is Cn1ccc2ccc(NC(=O)Cn3cccc(C(F)(F)F)c3=O)cc21. The fraction of sp³-hybridized carbons (Fsp3) is 0.176. The lowest BCUT2D eigenvalue weighted by Crippen LogP contribution is -2.31. The molecular formula is C17H14F3N3O2. The summed E-state index contributed by atoms with van der Waals surface area (Å²) in [7, 11) is 1.86. The van der Waals surface area contributed by atoms with Gasteiger partial charge in [0.25, 0.3) is 5.56 Å². The van der Waals surface area contributed by atoms with Gasteiger partial charge in [0.2, 0.25) is 5.91 Å². The minimum absolute atomic E-state index is 0.499. The second-order valence-electron chi connectivity index (χ2n) is 5.60. The lowest BCUT2D eigenvalue weighted by molar-refractivity contribution is -0.139. The molecule has 0 spiro atoms. The first-order chi connectivity index (χ1) is 11.8. The maximum Gasteiger partial charge on any atom is 0.421 e. The van der Waals surface area contributed by atoms with Crippen molar-refractivity contribution >= 4 is 22.5 Å². The van der Waals surface area contributed by atoms with Gasteiger partial charge in [-0.3, -0.25) is 9.59 Å². The number of benzene rings is 1. The third-order valence-electron chi connectivity index (χ3n) is 3.81. The molecule has 0 bridgehead atoms. The third-order valence-corrected chi connectivity index (χ3v) is 3.81. The van der Waals surface area contributed by atoms with Gasteiger partial charge in [0.05, 0.1) is 0 Å². The predicted octanol–water partition coefficient (Wildman–Crippen LogP) is 3.00. The molecule has 0 saturated carbocycles. The van der Waals surface area contributed by atoms with Crippen LogP contribution in [-0.2, 0) is 24.6 Å². The molecule has 3 rings (SSSR count). The highest BCUT2D eigenvalue weighted by atomic mass is 19.4. The van der Waals surface area contributed by atoms with Crippen LogP contribution in [0.15, 0.2) is 53.6 Å². The fourth-order valence-corrected chi connectivity index (χ4v) is 2.57. The van der Waals surface area contributed by atoms with Crippen LogP contribution < -0.4 is 10.9 Å². The Kier molecular flexibility index (Phi) is 4.12. The molecule has 1 aromatic carbocycles. The van der Waals surface area contributed by atoms with Gasteiger partial charge in [0.15, 0.2) is 0 Å². The number of pyridine rings is 1. The van der Waals surface area contributed by atoms with Crippen LogP contribution in [-0.4, -0.2) is 15.0 Å². The number of alkyl halides is 3. The molecular weight excluding hydrogens is 335 g/mol. The van der Waals surface area contributed by atoms with E-state index in [1.165, 1.54) is 0 Å². The Bertz CT molecular complexity index is 1000. The maximum absolute atomic E-state index is 12.8. The van der Waals surface area contributed by atoms with E-state index < -0.39 is 29.8 Å². The molecule has 0 fully saturated rings. The zero-order valence-corrected chi connectivity index (χ0v) is 13.2. The number of fused-ring (bicyclic) bond motifs is 1. The third kappa shape index (κ3) is 3.42. The number of rotatable bonds is 3. The van der Waals surface area contributed by atoms with Gasteiger partial charge in [-0.15, -0.1) is 0 Å². The predicted molar refractivity (Wildman–Crippen MR) is 87.3 cm³/mol. The van der Waals surface area contributed by atoms with E-state index in [-0.39, 0.29) is 0 Å². The Morgan fingerprint density at radius 2 is 1.92 bits per heavy atom. The minimum atomic E-state index is -4.76. The van der Waals surface area contributed by atoms with Crippen LogP contribution in [0.4, 0.5) is 18.9 Å². The van der Waals surface area contributed by atoms with E-state index in [9.17, 15) is 22.8 Å². The molecule has 0 aliphatic heterocycles. The summed E-state index contributed by atoms with van der Waals surface area (Å²) >= 11 is 0. The average Bonchev–Trinajstić information content (AvgIpc) is 2.89. The van der Waals surface area contributed by atoms with E-state index in [4.69, 9.17) is 0 Å². The van der Waals surface area contributed by atoms with E-state index in [2.05, 4.69) is 5.32 Å². The summed E-state index contributed by atoms with van der Waals surface area (Å²) in [6, 6.07) is 8.97. The molecule has 0 aliphatic rings. The minimum Gasteiger partial charge on any atom is -0.350 e. The first-order valence-corrected chi connectivity index (χ1v) is 7.37. The Labute approximate surface area is 140 Å². The lowest BCUT2D eigenvalue weighted by Gasteiger charge is -2.11. The summed E-state index contributed by atoms with van der Waals surface area (Å²) in [5.74, 6) is -0.588. The van der Waals surface area contributed by atoms with E-state index in [1.54, 1.807) is 12.1 Å². The number of carbonyl (C=O) groups excluding carboxylic acids is 1.